The Balaban J connectivity index is 2.17. The molecule has 0 saturated heterocycles. The van der Waals surface area contributed by atoms with Crippen molar-refractivity contribution in [3.63, 3.8) is 0 Å². The zero-order valence-corrected chi connectivity index (χ0v) is 12.8. The molecule has 4 nitrogen and oxygen atoms in total. The van der Waals surface area contributed by atoms with E-state index in [9.17, 15) is 8.42 Å². The lowest BCUT2D eigenvalue weighted by Gasteiger charge is -2.04. The molecule has 8 heteroatoms. The van der Waals surface area contributed by atoms with E-state index in [1.54, 1.807) is 24.7 Å². The summed E-state index contributed by atoms with van der Waals surface area (Å²) in [5, 5.41) is 0. The van der Waals surface area contributed by atoms with Crippen molar-refractivity contribution in [3.05, 3.63) is 31.3 Å². The fraction of sp³-hybridized carbons (Fsp3) is 0.222. The van der Waals surface area contributed by atoms with Crippen molar-refractivity contribution in [2.45, 2.75) is 18.4 Å². The van der Waals surface area contributed by atoms with Gasteiger partial charge in [0.1, 0.15) is 0 Å². The van der Waals surface area contributed by atoms with Crippen LogP contribution < -0.4 is 4.72 Å². The third-order valence-corrected chi connectivity index (χ3v) is 6.04. The second kappa shape index (κ2) is 5.15. The van der Waals surface area contributed by atoms with Crippen molar-refractivity contribution < 1.29 is 8.42 Å². The van der Waals surface area contributed by atoms with E-state index in [4.69, 9.17) is 0 Å². The van der Waals surface area contributed by atoms with Gasteiger partial charge < -0.3 is 0 Å². The molecule has 2 rings (SSSR count). The lowest BCUT2D eigenvalue weighted by molar-refractivity contribution is 0.581. The monoisotopic (exact) mass is 352 g/mol. The van der Waals surface area contributed by atoms with Crippen LogP contribution in [0, 0.1) is 6.92 Å². The summed E-state index contributed by atoms with van der Waals surface area (Å²) in [4.78, 5) is 5.89. The standard InChI is InChI=1S/C9H9BrN2O2S3/c1-6-8(2-9(10)16-6)17(13,14)12-4-7-3-11-5-15-7/h2-3,5,12H,4H2,1H3. The summed E-state index contributed by atoms with van der Waals surface area (Å²) in [6.45, 7) is 2.07. The molecule has 0 saturated carbocycles. The van der Waals surface area contributed by atoms with Crippen LogP contribution in [0.4, 0.5) is 0 Å². The van der Waals surface area contributed by atoms with Gasteiger partial charge in [-0.05, 0) is 28.9 Å². The van der Waals surface area contributed by atoms with Crippen LogP contribution in [0.15, 0.2) is 26.5 Å². The van der Waals surface area contributed by atoms with Gasteiger partial charge >= 0.3 is 0 Å². The Kier molecular flexibility index (Phi) is 3.99. The fourth-order valence-electron chi connectivity index (χ4n) is 1.27. The third kappa shape index (κ3) is 3.14. The summed E-state index contributed by atoms with van der Waals surface area (Å²) in [5.74, 6) is 0. The average molecular weight is 353 g/mol. The molecule has 0 radical (unpaired) electrons. The van der Waals surface area contributed by atoms with Gasteiger partial charge in [-0.2, -0.15) is 0 Å². The number of halogens is 1. The SMILES string of the molecule is Cc1sc(Br)cc1S(=O)(=O)NCc1cncs1. The summed E-state index contributed by atoms with van der Waals surface area (Å²) in [6.07, 6.45) is 1.66. The molecule has 0 bridgehead atoms. The summed E-state index contributed by atoms with van der Waals surface area (Å²) in [7, 11) is -3.44. The van der Waals surface area contributed by atoms with Crippen LogP contribution in [0.5, 0.6) is 0 Å². The highest BCUT2D eigenvalue weighted by molar-refractivity contribution is 9.11. The number of sulfonamides is 1. The van der Waals surface area contributed by atoms with Gasteiger partial charge in [-0.15, -0.1) is 22.7 Å². The Morgan fingerprint density at radius 1 is 1.53 bits per heavy atom. The summed E-state index contributed by atoms with van der Waals surface area (Å²) in [5.41, 5.74) is 1.68. The minimum absolute atomic E-state index is 0.278. The average Bonchev–Trinajstić information content (AvgIpc) is 2.85. The smallest absolute Gasteiger partial charge is 0.242 e. The van der Waals surface area contributed by atoms with Gasteiger partial charge in [-0.1, -0.05) is 0 Å². The molecule has 0 aliphatic heterocycles. The van der Waals surface area contributed by atoms with Crippen molar-refractivity contribution >= 4 is 48.6 Å². The molecule has 0 atom stereocenters. The van der Waals surface area contributed by atoms with Gasteiger partial charge in [-0.25, -0.2) is 13.1 Å². The summed E-state index contributed by atoms with van der Waals surface area (Å²) >= 11 is 6.11. The summed E-state index contributed by atoms with van der Waals surface area (Å²) in [6, 6.07) is 1.62. The quantitative estimate of drug-likeness (QED) is 0.920. The van der Waals surface area contributed by atoms with E-state index in [1.165, 1.54) is 22.7 Å². The highest BCUT2D eigenvalue weighted by Crippen LogP contribution is 2.29. The lowest BCUT2D eigenvalue weighted by Crippen LogP contribution is -2.22. The fourth-order valence-corrected chi connectivity index (χ4v) is 5.32. The van der Waals surface area contributed by atoms with Gasteiger partial charge in [0.15, 0.2) is 0 Å². The number of aryl methyl sites for hydroxylation is 1. The first-order valence-corrected chi connectivity index (χ1v) is 8.59. The highest BCUT2D eigenvalue weighted by Gasteiger charge is 2.19. The van der Waals surface area contributed by atoms with Crippen LogP contribution in [-0.2, 0) is 16.6 Å². The molecular weight excluding hydrogens is 344 g/mol. The van der Waals surface area contributed by atoms with Gasteiger partial charge in [0.05, 0.1) is 14.2 Å². The molecule has 0 aliphatic carbocycles. The van der Waals surface area contributed by atoms with Gasteiger partial charge in [0, 0.05) is 22.5 Å². The maximum absolute atomic E-state index is 12.0. The Bertz CT molecular complexity index is 604. The maximum Gasteiger partial charge on any atom is 0.242 e. The number of aromatic nitrogens is 1. The Hall–Kier alpha value is -0.280. The summed E-state index contributed by atoms with van der Waals surface area (Å²) < 4.78 is 27.4. The zero-order chi connectivity index (χ0) is 12.5. The van der Waals surface area contributed by atoms with Gasteiger partial charge in [0.25, 0.3) is 0 Å². The van der Waals surface area contributed by atoms with Crippen molar-refractivity contribution in [1.29, 1.82) is 0 Å². The number of hydrogen-bond donors (Lipinski definition) is 1. The molecule has 92 valence electrons. The Morgan fingerprint density at radius 3 is 2.82 bits per heavy atom. The second-order valence-electron chi connectivity index (χ2n) is 3.26. The van der Waals surface area contributed by atoms with Crippen LogP contribution >= 0.6 is 38.6 Å². The number of hydrogen-bond acceptors (Lipinski definition) is 5. The van der Waals surface area contributed by atoms with Crippen LogP contribution in [0.3, 0.4) is 0 Å². The van der Waals surface area contributed by atoms with Crippen LogP contribution in [-0.4, -0.2) is 13.4 Å². The molecule has 0 fully saturated rings. The number of nitrogens with zero attached hydrogens (tertiary/aromatic N) is 1. The largest absolute Gasteiger partial charge is 0.253 e. The first-order valence-electron chi connectivity index (χ1n) is 4.62. The van der Waals surface area contributed by atoms with E-state index < -0.39 is 10.0 Å². The minimum atomic E-state index is -3.44. The van der Waals surface area contributed by atoms with E-state index in [2.05, 4.69) is 25.6 Å². The minimum Gasteiger partial charge on any atom is -0.253 e. The molecule has 0 spiro atoms. The van der Waals surface area contributed by atoms with E-state index >= 15 is 0 Å². The van der Waals surface area contributed by atoms with Crippen LogP contribution in [0.1, 0.15) is 9.75 Å². The highest BCUT2D eigenvalue weighted by atomic mass is 79.9. The van der Waals surface area contributed by atoms with Crippen LogP contribution in [0.2, 0.25) is 0 Å². The normalized spacial score (nSPS) is 11.9. The predicted molar refractivity (Wildman–Crippen MR) is 72.9 cm³/mol. The maximum atomic E-state index is 12.0. The Labute approximate surface area is 116 Å². The number of thiazole rings is 1. The molecule has 2 aromatic heterocycles. The van der Waals surface area contributed by atoms with Crippen molar-refractivity contribution in [2.75, 3.05) is 0 Å². The Morgan fingerprint density at radius 2 is 2.29 bits per heavy atom. The molecule has 2 heterocycles. The molecule has 2 aromatic rings. The molecule has 0 unspecified atom stereocenters. The van der Waals surface area contributed by atoms with Crippen molar-refractivity contribution in [1.82, 2.24) is 9.71 Å². The molecule has 17 heavy (non-hydrogen) atoms. The molecule has 1 N–H and O–H groups in total. The number of rotatable bonds is 4. The van der Waals surface area contributed by atoms with E-state index in [0.29, 0.717) is 4.90 Å². The van der Waals surface area contributed by atoms with Gasteiger partial charge in [-0.3, -0.25) is 4.98 Å². The zero-order valence-electron chi connectivity index (χ0n) is 8.81. The number of nitrogens with one attached hydrogen (secondary N) is 1. The predicted octanol–water partition coefficient (Wildman–Crippen LogP) is 2.75. The van der Waals surface area contributed by atoms with Crippen molar-refractivity contribution in [2.24, 2.45) is 0 Å². The molecule has 0 aromatic carbocycles. The van der Waals surface area contributed by atoms with E-state index in [0.717, 1.165) is 13.5 Å². The topological polar surface area (TPSA) is 59.1 Å². The van der Waals surface area contributed by atoms with Crippen LogP contribution in [0.25, 0.3) is 0 Å². The number of thiophene rings is 1. The lowest BCUT2D eigenvalue weighted by atomic mass is 10.5. The molecular formula is C9H9BrN2O2S3. The van der Waals surface area contributed by atoms with E-state index in [1.807, 2.05) is 0 Å². The first-order chi connectivity index (χ1) is 7.99. The van der Waals surface area contributed by atoms with Gasteiger partial charge in [0.2, 0.25) is 10.0 Å². The second-order valence-corrected chi connectivity index (χ2v) is 8.61. The third-order valence-electron chi connectivity index (χ3n) is 2.05. The first kappa shape index (κ1) is 13.2. The molecule has 0 amide bonds. The van der Waals surface area contributed by atoms with E-state index in [-0.39, 0.29) is 6.54 Å². The molecule has 0 aliphatic rings. The van der Waals surface area contributed by atoms with Crippen molar-refractivity contribution in [3.8, 4) is 0 Å².